The molecule has 5 heteroatoms. The Balaban J connectivity index is 1.79. The number of halogens is 1. The van der Waals surface area contributed by atoms with Crippen molar-refractivity contribution < 1.29 is 9.53 Å². The predicted molar refractivity (Wildman–Crippen MR) is 121 cm³/mol. The van der Waals surface area contributed by atoms with Crippen LogP contribution in [0, 0.1) is 0 Å². The molecule has 3 aromatic rings. The number of hydrogen-bond donors (Lipinski definition) is 0. The van der Waals surface area contributed by atoms with Crippen LogP contribution in [0.2, 0.25) is 5.02 Å². The molecule has 0 unspecified atom stereocenters. The van der Waals surface area contributed by atoms with Gasteiger partial charge in [-0.05, 0) is 66.9 Å². The fraction of sp³-hybridized carbons (Fsp3) is 0.292. The lowest BCUT2D eigenvalue weighted by Gasteiger charge is -2.36. The van der Waals surface area contributed by atoms with Gasteiger partial charge in [0, 0.05) is 25.2 Å². The maximum absolute atomic E-state index is 12.7. The largest absolute Gasteiger partial charge is 0.443 e. The van der Waals surface area contributed by atoms with Gasteiger partial charge in [0.05, 0.1) is 11.4 Å². The first-order valence-corrected chi connectivity index (χ1v) is 10.1. The molecule has 0 saturated heterocycles. The molecule has 0 aromatic heterocycles. The lowest BCUT2D eigenvalue weighted by Crippen LogP contribution is -2.44. The minimum Gasteiger partial charge on any atom is -0.443 e. The summed E-state index contributed by atoms with van der Waals surface area (Å²) in [7, 11) is 2.05. The number of nitrogens with zero attached hydrogens (tertiary/aromatic N) is 2. The molecule has 0 radical (unpaired) electrons. The van der Waals surface area contributed by atoms with E-state index in [-0.39, 0.29) is 6.09 Å². The van der Waals surface area contributed by atoms with Crippen LogP contribution in [-0.4, -0.2) is 31.8 Å². The second-order valence-electron chi connectivity index (χ2n) is 8.43. The molecule has 0 atom stereocenters. The van der Waals surface area contributed by atoms with Gasteiger partial charge < -0.3 is 9.64 Å². The topological polar surface area (TPSA) is 32.8 Å². The molecular weight excluding hydrogens is 384 g/mol. The van der Waals surface area contributed by atoms with Gasteiger partial charge in [-0.3, -0.25) is 4.90 Å². The first-order chi connectivity index (χ1) is 13.7. The molecule has 1 heterocycles. The summed E-state index contributed by atoms with van der Waals surface area (Å²) in [5.41, 5.74) is 3.49. The molecule has 0 aliphatic carbocycles. The third-order valence-electron chi connectivity index (χ3n) is 5.09. The number of rotatable bonds is 1. The Hall–Kier alpha value is -2.72. The van der Waals surface area contributed by atoms with E-state index in [0.717, 1.165) is 39.8 Å². The van der Waals surface area contributed by atoms with Crippen molar-refractivity contribution in [3.63, 3.8) is 0 Å². The number of carbonyl (C=O) groups excluding carboxylic acids is 1. The van der Waals surface area contributed by atoms with Crippen LogP contribution in [0.25, 0.3) is 21.9 Å². The Labute approximate surface area is 176 Å². The molecule has 4 rings (SSSR count). The van der Waals surface area contributed by atoms with Crippen LogP contribution >= 0.6 is 11.6 Å². The molecule has 1 aliphatic rings. The van der Waals surface area contributed by atoms with Crippen LogP contribution in [-0.2, 0) is 4.74 Å². The zero-order valence-corrected chi connectivity index (χ0v) is 18.0. The molecule has 150 valence electrons. The summed E-state index contributed by atoms with van der Waals surface area (Å²) in [5, 5.41) is 2.97. The first-order valence-electron chi connectivity index (χ1n) is 9.77. The van der Waals surface area contributed by atoms with Crippen LogP contribution in [0.4, 0.5) is 16.2 Å². The highest BCUT2D eigenvalue weighted by Gasteiger charge is 2.29. The van der Waals surface area contributed by atoms with Crippen molar-refractivity contribution in [3.05, 3.63) is 59.6 Å². The summed E-state index contributed by atoms with van der Waals surface area (Å²) in [6.07, 6.45) is -0.312. The Morgan fingerprint density at radius 1 is 1.00 bits per heavy atom. The third-order valence-corrected chi connectivity index (χ3v) is 5.31. The van der Waals surface area contributed by atoms with Gasteiger partial charge in [-0.2, -0.15) is 0 Å². The van der Waals surface area contributed by atoms with Crippen LogP contribution in [0.5, 0.6) is 0 Å². The summed E-state index contributed by atoms with van der Waals surface area (Å²) in [6, 6.07) is 18.4. The fourth-order valence-electron chi connectivity index (χ4n) is 3.74. The molecule has 1 aliphatic heterocycles. The minimum absolute atomic E-state index is 0.312. The monoisotopic (exact) mass is 408 g/mol. The van der Waals surface area contributed by atoms with Gasteiger partial charge in [0.15, 0.2) is 0 Å². The molecular formula is C24H25ClN2O2. The Morgan fingerprint density at radius 2 is 1.76 bits per heavy atom. The number of carbonyl (C=O) groups is 1. The average Bonchev–Trinajstić information content (AvgIpc) is 2.66. The van der Waals surface area contributed by atoms with E-state index in [0.29, 0.717) is 11.6 Å². The van der Waals surface area contributed by atoms with E-state index in [9.17, 15) is 4.79 Å². The van der Waals surface area contributed by atoms with Gasteiger partial charge in [0.1, 0.15) is 5.60 Å². The van der Waals surface area contributed by atoms with Gasteiger partial charge in [-0.1, -0.05) is 41.9 Å². The standard InChI is InChI=1S/C24H25ClN2O2/c1-24(2,3)29-23(28)27-12-11-26(4)22-14-17(9-10-21(22)27)20-15-18(25)13-16-7-5-6-8-19(16)20/h5-10,13-15H,11-12H2,1-4H3. The van der Waals surface area contributed by atoms with Crippen LogP contribution in [0.15, 0.2) is 54.6 Å². The Kier molecular flexibility index (Phi) is 4.91. The second kappa shape index (κ2) is 7.27. The molecule has 0 N–H and O–H groups in total. The fourth-order valence-corrected chi connectivity index (χ4v) is 3.96. The zero-order chi connectivity index (χ0) is 20.8. The molecule has 1 amide bonds. The second-order valence-corrected chi connectivity index (χ2v) is 8.87. The number of benzene rings is 3. The van der Waals surface area contributed by atoms with Crippen molar-refractivity contribution in [3.8, 4) is 11.1 Å². The first kappa shape index (κ1) is 19.6. The normalized spacial score (nSPS) is 14.1. The quantitative estimate of drug-likeness (QED) is 0.470. The summed E-state index contributed by atoms with van der Waals surface area (Å²) < 4.78 is 5.61. The van der Waals surface area contributed by atoms with Gasteiger partial charge in [-0.15, -0.1) is 0 Å². The van der Waals surface area contributed by atoms with E-state index in [4.69, 9.17) is 16.3 Å². The Morgan fingerprint density at radius 3 is 2.52 bits per heavy atom. The van der Waals surface area contributed by atoms with Crippen LogP contribution in [0.3, 0.4) is 0 Å². The van der Waals surface area contributed by atoms with Crippen LogP contribution in [0.1, 0.15) is 20.8 Å². The van der Waals surface area contributed by atoms with Crippen molar-refractivity contribution in [2.24, 2.45) is 0 Å². The lowest BCUT2D eigenvalue weighted by molar-refractivity contribution is 0.0580. The van der Waals surface area contributed by atoms with Crippen molar-refractivity contribution in [1.29, 1.82) is 0 Å². The molecule has 0 fully saturated rings. The van der Waals surface area contributed by atoms with E-state index in [1.165, 1.54) is 0 Å². The van der Waals surface area contributed by atoms with Gasteiger partial charge in [0.25, 0.3) is 0 Å². The smallest absolute Gasteiger partial charge is 0.414 e. The van der Waals surface area contributed by atoms with Gasteiger partial charge in [-0.25, -0.2) is 4.79 Å². The highest BCUT2D eigenvalue weighted by Crippen LogP contribution is 2.39. The number of amides is 1. The van der Waals surface area contributed by atoms with E-state index in [1.54, 1.807) is 4.90 Å². The van der Waals surface area contributed by atoms with E-state index < -0.39 is 5.60 Å². The van der Waals surface area contributed by atoms with E-state index in [1.807, 2.05) is 64.2 Å². The van der Waals surface area contributed by atoms with Crippen molar-refractivity contribution in [2.75, 3.05) is 29.9 Å². The summed E-state index contributed by atoms with van der Waals surface area (Å²) in [5.74, 6) is 0. The molecule has 0 spiro atoms. The summed E-state index contributed by atoms with van der Waals surface area (Å²) >= 11 is 6.39. The van der Waals surface area contributed by atoms with Crippen LogP contribution < -0.4 is 9.80 Å². The van der Waals surface area contributed by atoms with Gasteiger partial charge >= 0.3 is 6.09 Å². The van der Waals surface area contributed by atoms with Crippen molar-refractivity contribution in [1.82, 2.24) is 0 Å². The van der Waals surface area contributed by atoms with Crippen molar-refractivity contribution >= 4 is 39.8 Å². The minimum atomic E-state index is -0.528. The number of ether oxygens (including phenoxy) is 1. The molecule has 3 aromatic carbocycles. The van der Waals surface area contributed by atoms with Crippen molar-refractivity contribution in [2.45, 2.75) is 26.4 Å². The highest BCUT2D eigenvalue weighted by molar-refractivity contribution is 6.32. The maximum atomic E-state index is 12.7. The van der Waals surface area contributed by atoms with E-state index in [2.05, 4.69) is 23.1 Å². The predicted octanol–water partition coefficient (Wildman–Crippen LogP) is 6.35. The number of likely N-dealkylation sites (N-methyl/N-ethyl adjacent to an activating group) is 1. The summed E-state index contributed by atoms with van der Waals surface area (Å²) in [4.78, 5) is 16.6. The van der Waals surface area contributed by atoms with Gasteiger partial charge in [0.2, 0.25) is 0 Å². The molecule has 29 heavy (non-hydrogen) atoms. The van der Waals surface area contributed by atoms with E-state index >= 15 is 0 Å². The number of fused-ring (bicyclic) bond motifs is 2. The average molecular weight is 409 g/mol. The highest BCUT2D eigenvalue weighted by atomic mass is 35.5. The maximum Gasteiger partial charge on any atom is 0.414 e. The number of anilines is 2. The lowest BCUT2D eigenvalue weighted by atomic mass is 9.97. The Bertz CT molecular complexity index is 1090. The third kappa shape index (κ3) is 3.90. The molecule has 0 saturated carbocycles. The molecule has 4 nitrogen and oxygen atoms in total. The number of hydrogen-bond acceptors (Lipinski definition) is 3. The summed E-state index contributed by atoms with van der Waals surface area (Å²) in [6.45, 7) is 6.99. The zero-order valence-electron chi connectivity index (χ0n) is 17.2. The SMILES string of the molecule is CN1CCN(C(=O)OC(C)(C)C)c2ccc(-c3cc(Cl)cc4ccccc34)cc21. The molecule has 0 bridgehead atoms.